The minimum Gasteiger partial charge on any atom is -0.399 e. The average molecular weight is 188 g/mol. The molecular formula is C10H12N4. The highest BCUT2D eigenvalue weighted by Gasteiger charge is 2.04. The van der Waals surface area contributed by atoms with Crippen molar-refractivity contribution in [3.05, 3.63) is 30.6 Å². The number of nitrogen functional groups attached to an aromatic ring is 2. The van der Waals surface area contributed by atoms with Gasteiger partial charge in [-0.3, -0.25) is 0 Å². The van der Waals surface area contributed by atoms with Crippen LogP contribution in [0.4, 0.5) is 11.4 Å². The van der Waals surface area contributed by atoms with Crippen molar-refractivity contribution in [2.45, 2.75) is 0 Å². The molecule has 0 aliphatic heterocycles. The first kappa shape index (κ1) is 8.62. The van der Waals surface area contributed by atoms with Crippen molar-refractivity contribution in [2.75, 3.05) is 11.5 Å². The van der Waals surface area contributed by atoms with Crippen molar-refractivity contribution in [3.63, 3.8) is 0 Å². The molecule has 0 aliphatic rings. The first-order valence-corrected chi connectivity index (χ1v) is 4.30. The van der Waals surface area contributed by atoms with E-state index in [4.69, 9.17) is 11.5 Å². The Morgan fingerprint density at radius 2 is 1.79 bits per heavy atom. The third kappa shape index (κ3) is 1.42. The summed E-state index contributed by atoms with van der Waals surface area (Å²) in [7, 11) is 1.93. The van der Waals surface area contributed by atoms with Crippen LogP contribution in [0.5, 0.6) is 0 Å². The molecule has 0 amide bonds. The summed E-state index contributed by atoms with van der Waals surface area (Å²) in [5.74, 6) is 0.865. The van der Waals surface area contributed by atoms with Gasteiger partial charge < -0.3 is 16.0 Å². The Balaban J connectivity index is 2.57. The van der Waals surface area contributed by atoms with Crippen molar-refractivity contribution in [1.29, 1.82) is 0 Å². The van der Waals surface area contributed by atoms with Crippen LogP contribution in [0.15, 0.2) is 30.6 Å². The lowest BCUT2D eigenvalue weighted by Gasteiger charge is -2.04. The normalized spacial score (nSPS) is 10.4. The molecule has 1 heterocycles. The van der Waals surface area contributed by atoms with Gasteiger partial charge in [-0.2, -0.15) is 0 Å². The van der Waals surface area contributed by atoms with Crippen LogP contribution < -0.4 is 11.5 Å². The third-order valence-corrected chi connectivity index (χ3v) is 2.06. The van der Waals surface area contributed by atoms with Crippen LogP contribution in [-0.4, -0.2) is 9.55 Å². The number of rotatable bonds is 1. The second-order valence-corrected chi connectivity index (χ2v) is 3.25. The fraction of sp³-hybridized carbons (Fsp3) is 0.100. The number of nitrogens with zero attached hydrogens (tertiary/aromatic N) is 2. The SMILES string of the molecule is Cn1ccnc1-c1cc(N)cc(N)c1. The molecule has 4 heteroatoms. The Bertz CT molecular complexity index is 439. The van der Waals surface area contributed by atoms with Gasteiger partial charge in [-0.25, -0.2) is 4.98 Å². The first-order chi connectivity index (χ1) is 6.66. The predicted molar refractivity (Wildman–Crippen MR) is 57.5 cm³/mol. The molecule has 4 N–H and O–H groups in total. The standard InChI is InChI=1S/C10H12N4/c1-14-3-2-13-10(14)7-4-8(11)6-9(12)5-7/h2-6H,11-12H2,1H3. The molecule has 72 valence electrons. The van der Waals surface area contributed by atoms with Crippen molar-refractivity contribution in [3.8, 4) is 11.4 Å². The van der Waals surface area contributed by atoms with E-state index < -0.39 is 0 Å². The Hall–Kier alpha value is -1.97. The van der Waals surface area contributed by atoms with Gasteiger partial charge in [0.25, 0.3) is 0 Å². The third-order valence-electron chi connectivity index (χ3n) is 2.06. The van der Waals surface area contributed by atoms with Crippen molar-refractivity contribution in [2.24, 2.45) is 7.05 Å². The topological polar surface area (TPSA) is 69.9 Å². The molecule has 0 unspecified atom stereocenters. The Labute approximate surface area is 82.2 Å². The summed E-state index contributed by atoms with van der Waals surface area (Å²) in [6, 6.07) is 5.45. The molecule has 0 radical (unpaired) electrons. The number of nitrogens with two attached hydrogens (primary N) is 2. The van der Waals surface area contributed by atoms with E-state index in [0.29, 0.717) is 11.4 Å². The summed E-state index contributed by atoms with van der Waals surface area (Å²) in [6.07, 6.45) is 3.63. The fourth-order valence-corrected chi connectivity index (χ4v) is 1.45. The Morgan fingerprint density at radius 3 is 2.29 bits per heavy atom. The number of aromatic nitrogens is 2. The van der Waals surface area contributed by atoms with Gasteiger partial charge in [-0.1, -0.05) is 0 Å². The molecule has 0 fully saturated rings. The summed E-state index contributed by atoms with van der Waals surface area (Å²) in [6.45, 7) is 0. The van der Waals surface area contributed by atoms with Gasteiger partial charge >= 0.3 is 0 Å². The van der Waals surface area contributed by atoms with Crippen LogP contribution in [0.1, 0.15) is 0 Å². The molecule has 14 heavy (non-hydrogen) atoms. The molecule has 0 bridgehead atoms. The van der Waals surface area contributed by atoms with Gasteiger partial charge in [0.05, 0.1) is 0 Å². The summed E-state index contributed by atoms with van der Waals surface area (Å²) >= 11 is 0. The zero-order valence-electron chi connectivity index (χ0n) is 7.94. The Morgan fingerprint density at radius 1 is 1.14 bits per heavy atom. The number of benzene rings is 1. The molecule has 0 spiro atoms. The zero-order chi connectivity index (χ0) is 10.1. The number of hydrogen-bond acceptors (Lipinski definition) is 3. The summed E-state index contributed by atoms with van der Waals surface area (Å²) in [5, 5.41) is 0. The van der Waals surface area contributed by atoms with E-state index in [1.165, 1.54) is 0 Å². The van der Waals surface area contributed by atoms with Crippen LogP contribution in [-0.2, 0) is 7.05 Å². The fourth-order valence-electron chi connectivity index (χ4n) is 1.45. The highest BCUT2D eigenvalue weighted by Crippen LogP contribution is 2.22. The number of aryl methyl sites for hydroxylation is 1. The van der Waals surface area contributed by atoms with Gasteiger partial charge in [-0.15, -0.1) is 0 Å². The van der Waals surface area contributed by atoms with E-state index in [1.807, 2.05) is 29.9 Å². The second kappa shape index (κ2) is 3.06. The molecule has 0 atom stereocenters. The molecule has 4 nitrogen and oxygen atoms in total. The van der Waals surface area contributed by atoms with Gasteiger partial charge in [-0.05, 0) is 18.2 Å². The largest absolute Gasteiger partial charge is 0.399 e. The van der Waals surface area contributed by atoms with E-state index in [2.05, 4.69) is 4.98 Å². The van der Waals surface area contributed by atoms with Crippen molar-refractivity contribution >= 4 is 11.4 Å². The van der Waals surface area contributed by atoms with Gasteiger partial charge in [0.2, 0.25) is 0 Å². The second-order valence-electron chi connectivity index (χ2n) is 3.25. The average Bonchev–Trinajstić information content (AvgIpc) is 2.49. The first-order valence-electron chi connectivity index (χ1n) is 4.30. The maximum atomic E-state index is 5.70. The minimum atomic E-state index is 0.656. The highest BCUT2D eigenvalue weighted by molar-refractivity contribution is 5.68. The smallest absolute Gasteiger partial charge is 0.139 e. The zero-order valence-corrected chi connectivity index (χ0v) is 7.94. The predicted octanol–water partition coefficient (Wildman–Crippen LogP) is 1.25. The molecular weight excluding hydrogens is 176 g/mol. The van der Waals surface area contributed by atoms with Crippen LogP contribution >= 0.6 is 0 Å². The quantitative estimate of drug-likeness (QED) is 0.662. The molecule has 0 saturated heterocycles. The summed E-state index contributed by atoms with van der Waals surface area (Å²) in [4.78, 5) is 4.22. The molecule has 2 aromatic rings. The molecule has 0 aliphatic carbocycles. The summed E-state index contributed by atoms with van der Waals surface area (Å²) < 4.78 is 1.92. The number of anilines is 2. The maximum Gasteiger partial charge on any atom is 0.139 e. The van der Waals surface area contributed by atoms with E-state index in [-0.39, 0.29) is 0 Å². The number of hydrogen-bond donors (Lipinski definition) is 2. The van der Waals surface area contributed by atoms with Crippen LogP contribution in [0.2, 0.25) is 0 Å². The van der Waals surface area contributed by atoms with Crippen LogP contribution in [0.25, 0.3) is 11.4 Å². The van der Waals surface area contributed by atoms with Gasteiger partial charge in [0, 0.05) is 36.4 Å². The van der Waals surface area contributed by atoms with E-state index in [1.54, 1.807) is 12.3 Å². The molecule has 0 saturated carbocycles. The lowest BCUT2D eigenvalue weighted by molar-refractivity contribution is 0.925. The number of imidazole rings is 1. The monoisotopic (exact) mass is 188 g/mol. The van der Waals surface area contributed by atoms with Crippen molar-refractivity contribution in [1.82, 2.24) is 9.55 Å². The summed E-state index contributed by atoms with van der Waals surface area (Å²) in [5.41, 5.74) is 13.6. The van der Waals surface area contributed by atoms with E-state index in [9.17, 15) is 0 Å². The van der Waals surface area contributed by atoms with E-state index >= 15 is 0 Å². The lowest BCUT2D eigenvalue weighted by atomic mass is 10.1. The van der Waals surface area contributed by atoms with Gasteiger partial charge in [0.1, 0.15) is 5.82 Å². The van der Waals surface area contributed by atoms with Crippen molar-refractivity contribution < 1.29 is 0 Å². The minimum absolute atomic E-state index is 0.656. The van der Waals surface area contributed by atoms with E-state index in [0.717, 1.165) is 11.4 Å². The lowest BCUT2D eigenvalue weighted by Crippen LogP contribution is -1.95. The molecule has 1 aromatic heterocycles. The molecule has 1 aromatic carbocycles. The highest BCUT2D eigenvalue weighted by atomic mass is 15.0. The molecule has 2 rings (SSSR count). The van der Waals surface area contributed by atoms with Crippen LogP contribution in [0.3, 0.4) is 0 Å². The van der Waals surface area contributed by atoms with Gasteiger partial charge in [0.15, 0.2) is 0 Å². The van der Waals surface area contributed by atoms with Crippen LogP contribution in [0, 0.1) is 0 Å². The maximum absolute atomic E-state index is 5.70. The Kier molecular flexibility index (Phi) is 1.89.